The number of hydrazone groups is 1. The van der Waals surface area contributed by atoms with Gasteiger partial charge in [-0.3, -0.25) is 4.79 Å². The van der Waals surface area contributed by atoms with Crippen molar-refractivity contribution in [2.24, 2.45) is 5.10 Å². The van der Waals surface area contributed by atoms with Crippen LogP contribution in [0.5, 0.6) is 17.2 Å². The third kappa shape index (κ3) is 4.20. The first-order chi connectivity index (χ1) is 16.3. The zero-order valence-corrected chi connectivity index (χ0v) is 22.0. The normalized spacial score (nSPS) is 18.5. The van der Waals surface area contributed by atoms with E-state index >= 15 is 0 Å². The number of nitrogens with zero attached hydrogens (tertiary/aromatic N) is 2. The Morgan fingerprint density at radius 2 is 1.88 bits per heavy atom. The summed E-state index contributed by atoms with van der Waals surface area (Å²) in [6, 6.07) is 18.2. The zero-order chi connectivity index (χ0) is 24.0. The first kappa shape index (κ1) is 22.9. The summed E-state index contributed by atoms with van der Waals surface area (Å²) in [4.78, 5) is 11.6. The van der Waals surface area contributed by atoms with Crippen LogP contribution in [0.1, 0.15) is 47.9 Å². The minimum Gasteiger partial charge on any atom is -0.493 e. The van der Waals surface area contributed by atoms with Crippen LogP contribution in [0.3, 0.4) is 0 Å². The second-order valence-electron chi connectivity index (χ2n) is 8.29. The predicted molar refractivity (Wildman–Crippen MR) is 136 cm³/mol. The maximum atomic E-state index is 11.6. The lowest BCUT2D eigenvalue weighted by atomic mass is 9.95. The Labute approximate surface area is 214 Å². The van der Waals surface area contributed by atoms with Crippen molar-refractivity contribution in [2.75, 3.05) is 7.11 Å². The van der Waals surface area contributed by atoms with E-state index < -0.39 is 12.2 Å². The monoisotopic (exact) mass is 584 g/mol. The number of carbonyl (C=O) groups is 1. The second-order valence-corrected chi connectivity index (χ2v) is 10.1. The van der Waals surface area contributed by atoms with Crippen LogP contribution in [0.15, 0.2) is 68.6 Å². The molecule has 0 radical (unpaired) electrons. The van der Waals surface area contributed by atoms with Gasteiger partial charge >= 0.3 is 5.97 Å². The van der Waals surface area contributed by atoms with Gasteiger partial charge < -0.3 is 14.2 Å². The van der Waals surface area contributed by atoms with Crippen LogP contribution < -0.4 is 14.2 Å². The molecule has 0 spiro atoms. The van der Waals surface area contributed by atoms with E-state index in [0.29, 0.717) is 16.0 Å². The fourth-order valence-corrected chi connectivity index (χ4v) is 5.24. The Bertz CT molecular complexity index is 1310. The molecule has 0 fully saturated rings. The summed E-state index contributed by atoms with van der Waals surface area (Å²) in [6.07, 6.45) is 0.272. The maximum absolute atomic E-state index is 11.6. The Balaban J connectivity index is 1.60. The van der Waals surface area contributed by atoms with Crippen molar-refractivity contribution in [3.05, 3.63) is 85.8 Å². The molecule has 8 heteroatoms. The number of halogens is 2. The van der Waals surface area contributed by atoms with E-state index in [4.69, 9.17) is 19.3 Å². The van der Waals surface area contributed by atoms with Gasteiger partial charge in [-0.15, -0.1) is 0 Å². The third-order valence-electron chi connectivity index (χ3n) is 5.92. The van der Waals surface area contributed by atoms with Crippen LogP contribution >= 0.6 is 31.9 Å². The summed E-state index contributed by atoms with van der Waals surface area (Å²) in [5.41, 5.74) is 5.22. The van der Waals surface area contributed by atoms with Crippen molar-refractivity contribution in [1.82, 2.24) is 5.01 Å². The molecule has 0 saturated carbocycles. The van der Waals surface area contributed by atoms with Crippen LogP contribution in [-0.2, 0) is 4.79 Å². The predicted octanol–water partition coefficient (Wildman–Crippen LogP) is 6.70. The highest BCUT2D eigenvalue weighted by atomic mass is 79.9. The van der Waals surface area contributed by atoms with Gasteiger partial charge in [0.05, 0.1) is 23.3 Å². The van der Waals surface area contributed by atoms with E-state index in [-0.39, 0.29) is 6.04 Å². The molecule has 0 N–H and O–H groups in total. The lowest BCUT2D eigenvalue weighted by molar-refractivity contribution is -0.132. The van der Waals surface area contributed by atoms with Gasteiger partial charge in [-0.2, -0.15) is 5.10 Å². The molecule has 0 aromatic heterocycles. The quantitative estimate of drug-likeness (QED) is 0.252. The Morgan fingerprint density at radius 3 is 2.59 bits per heavy atom. The van der Waals surface area contributed by atoms with Gasteiger partial charge in [-0.25, -0.2) is 5.01 Å². The molecule has 2 atom stereocenters. The van der Waals surface area contributed by atoms with E-state index in [1.165, 1.54) is 12.5 Å². The molecule has 0 saturated heterocycles. The van der Waals surface area contributed by atoms with Crippen LogP contribution in [0.4, 0.5) is 0 Å². The molecule has 0 amide bonds. The lowest BCUT2D eigenvalue weighted by Crippen LogP contribution is -2.33. The van der Waals surface area contributed by atoms with Crippen molar-refractivity contribution in [3.63, 3.8) is 0 Å². The topological polar surface area (TPSA) is 60.4 Å². The molecule has 3 aromatic rings. The van der Waals surface area contributed by atoms with Gasteiger partial charge in [0.2, 0.25) is 6.23 Å². The van der Waals surface area contributed by atoms with Crippen molar-refractivity contribution in [2.45, 2.75) is 32.5 Å². The van der Waals surface area contributed by atoms with Gasteiger partial charge in [-0.05, 0) is 58.7 Å². The summed E-state index contributed by atoms with van der Waals surface area (Å²) in [6.45, 7) is 3.43. The van der Waals surface area contributed by atoms with Gasteiger partial charge in [-0.1, -0.05) is 45.8 Å². The molecule has 2 aliphatic rings. The highest BCUT2D eigenvalue weighted by Crippen LogP contribution is 2.49. The smallest absolute Gasteiger partial charge is 0.308 e. The third-order valence-corrected chi connectivity index (χ3v) is 7.00. The van der Waals surface area contributed by atoms with Crippen LogP contribution in [0, 0.1) is 6.92 Å². The fraction of sp³-hybridized carbons (Fsp3) is 0.231. The summed E-state index contributed by atoms with van der Waals surface area (Å²) in [5.74, 6) is 1.16. The largest absolute Gasteiger partial charge is 0.493 e. The molecule has 0 unspecified atom stereocenters. The average molecular weight is 586 g/mol. The Kier molecular flexibility index (Phi) is 6.12. The standard InChI is InChI=1S/C26H22Br2N2O4/c1-14-4-6-16(7-5-14)21-13-22-19-12-18(27)8-9-23(19)34-26(30(22)29-21)17-10-20(28)25(33-15(2)31)24(11-17)32-3/h4-12,22,26H,13H2,1-3H3/t22-,26+/m0/s1. The molecular formula is C26H22Br2N2O4. The minimum atomic E-state index is -0.488. The fourth-order valence-electron chi connectivity index (χ4n) is 4.32. The molecule has 2 heterocycles. The minimum absolute atomic E-state index is 0.0143. The van der Waals surface area contributed by atoms with Crippen molar-refractivity contribution in [3.8, 4) is 17.2 Å². The Hall–Kier alpha value is -2.84. The van der Waals surface area contributed by atoms with Gasteiger partial charge in [0, 0.05) is 28.9 Å². The van der Waals surface area contributed by atoms with Crippen LogP contribution in [-0.4, -0.2) is 23.8 Å². The van der Waals surface area contributed by atoms with Crippen LogP contribution in [0.2, 0.25) is 0 Å². The molecule has 2 aliphatic heterocycles. The van der Waals surface area contributed by atoms with Gasteiger partial charge in [0.25, 0.3) is 0 Å². The number of methoxy groups -OCH3 is 1. The molecule has 0 aliphatic carbocycles. The van der Waals surface area contributed by atoms with E-state index in [1.807, 2.05) is 29.3 Å². The second kappa shape index (κ2) is 9.07. The molecule has 174 valence electrons. The number of fused-ring (bicyclic) bond motifs is 3. The molecule has 3 aromatic carbocycles. The number of ether oxygens (including phenoxy) is 3. The van der Waals surface area contributed by atoms with Gasteiger partial charge in [0.1, 0.15) is 5.75 Å². The number of hydrogen-bond acceptors (Lipinski definition) is 6. The summed E-state index contributed by atoms with van der Waals surface area (Å²) >= 11 is 7.13. The highest BCUT2D eigenvalue weighted by Gasteiger charge is 2.41. The number of esters is 1. The Morgan fingerprint density at radius 1 is 1.12 bits per heavy atom. The van der Waals surface area contributed by atoms with E-state index in [0.717, 1.165) is 39.0 Å². The maximum Gasteiger partial charge on any atom is 0.308 e. The molecule has 34 heavy (non-hydrogen) atoms. The highest BCUT2D eigenvalue weighted by molar-refractivity contribution is 9.10. The van der Waals surface area contributed by atoms with E-state index in [1.54, 1.807) is 7.11 Å². The van der Waals surface area contributed by atoms with Crippen molar-refractivity contribution in [1.29, 1.82) is 0 Å². The summed E-state index contributed by atoms with van der Waals surface area (Å²) in [7, 11) is 1.54. The summed E-state index contributed by atoms with van der Waals surface area (Å²) in [5, 5.41) is 7.03. The molecule has 5 rings (SSSR count). The summed E-state index contributed by atoms with van der Waals surface area (Å²) < 4.78 is 19.0. The zero-order valence-electron chi connectivity index (χ0n) is 18.8. The lowest BCUT2D eigenvalue weighted by Gasteiger charge is -2.38. The van der Waals surface area contributed by atoms with E-state index in [9.17, 15) is 4.79 Å². The number of aryl methyl sites for hydroxylation is 1. The average Bonchev–Trinajstić information content (AvgIpc) is 3.26. The number of hydrogen-bond donors (Lipinski definition) is 0. The molecule has 0 bridgehead atoms. The van der Waals surface area contributed by atoms with Crippen molar-refractivity contribution >= 4 is 43.5 Å². The van der Waals surface area contributed by atoms with Crippen molar-refractivity contribution < 1.29 is 19.0 Å². The first-order valence-corrected chi connectivity index (χ1v) is 12.4. The van der Waals surface area contributed by atoms with E-state index in [2.05, 4.69) is 69.1 Å². The first-order valence-electron chi connectivity index (χ1n) is 10.8. The number of carbonyl (C=O) groups excluding carboxylic acids is 1. The number of rotatable bonds is 4. The molecule has 6 nitrogen and oxygen atoms in total. The molecular weight excluding hydrogens is 564 g/mol. The van der Waals surface area contributed by atoms with Crippen LogP contribution in [0.25, 0.3) is 0 Å². The number of benzene rings is 3. The SMILES string of the molecule is COc1cc([C@H]2Oc3ccc(Br)cc3[C@@H]3CC(c4ccc(C)cc4)=NN23)cc(Br)c1OC(C)=O. The van der Waals surface area contributed by atoms with Gasteiger partial charge in [0.15, 0.2) is 11.5 Å².